The van der Waals surface area contributed by atoms with Crippen molar-refractivity contribution in [1.82, 2.24) is 0 Å². The van der Waals surface area contributed by atoms with Crippen molar-refractivity contribution in [3.8, 4) is 23.0 Å². The van der Waals surface area contributed by atoms with Gasteiger partial charge in [0.25, 0.3) is 11.7 Å². The number of carbonyl (C=O) groups is 2. The number of amides is 1. The Morgan fingerprint density at radius 3 is 2.49 bits per heavy atom. The summed E-state index contributed by atoms with van der Waals surface area (Å²) in [5, 5.41) is 11.4. The summed E-state index contributed by atoms with van der Waals surface area (Å²) in [4.78, 5) is 28.3. The maximum absolute atomic E-state index is 13.5. The standard InChI is InChI=1S/C29H25NO7/c1-16(2)37-21-7-3-17(4-8-21)26-25(27(31)19-5-9-22-18(13-19)11-12-34-22)28(32)29(33)30(26)20-6-10-23-24(14-20)36-15-35-23/h3-10,13-14,16,26,31H,11-12,15H2,1-2H3/b27-25+. The number of hydrogen-bond acceptors (Lipinski definition) is 7. The number of aliphatic hydroxyl groups excluding tert-OH is 1. The molecule has 0 radical (unpaired) electrons. The van der Waals surface area contributed by atoms with Crippen molar-refractivity contribution in [2.45, 2.75) is 32.4 Å². The van der Waals surface area contributed by atoms with Crippen molar-refractivity contribution < 1.29 is 33.6 Å². The zero-order valence-electron chi connectivity index (χ0n) is 20.4. The minimum Gasteiger partial charge on any atom is -0.507 e. The molecule has 8 nitrogen and oxygen atoms in total. The van der Waals surface area contributed by atoms with Gasteiger partial charge in [-0.25, -0.2) is 0 Å². The lowest BCUT2D eigenvalue weighted by Gasteiger charge is -2.26. The largest absolute Gasteiger partial charge is 0.507 e. The van der Waals surface area contributed by atoms with Crippen LogP contribution in [0.5, 0.6) is 23.0 Å². The zero-order chi connectivity index (χ0) is 25.7. The molecular weight excluding hydrogens is 474 g/mol. The number of hydrogen-bond donors (Lipinski definition) is 1. The van der Waals surface area contributed by atoms with Crippen LogP contribution in [0.3, 0.4) is 0 Å². The highest BCUT2D eigenvalue weighted by Gasteiger charge is 2.47. The monoisotopic (exact) mass is 499 g/mol. The first-order valence-corrected chi connectivity index (χ1v) is 12.1. The normalized spacial score (nSPS) is 19.3. The Morgan fingerprint density at radius 2 is 1.70 bits per heavy atom. The average Bonchev–Trinajstić information content (AvgIpc) is 3.61. The van der Waals surface area contributed by atoms with Crippen LogP contribution < -0.4 is 23.8 Å². The van der Waals surface area contributed by atoms with Crippen molar-refractivity contribution in [2.75, 3.05) is 18.3 Å². The van der Waals surface area contributed by atoms with Crippen LogP contribution in [0.25, 0.3) is 5.76 Å². The second-order valence-corrected chi connectivity index (χ2v) is 9.36. The summed E-state index contributed by atoms with van der Waals surface area (Å²) in [6, 6.07) is 16.7. The van der Waals surface area contributed by atoms with Gasteiger partial charge in [-0.2, -0.15) is 0 Å². The first-order valence-electron chi connectivity index (χ1n) is 12.1. The fraction of sp³-hybridized carbons (Fsp3) is 0.241. The van der Waals surface area contributed by atoms with E-state index in [9.17, 15) is 14.7 Å². The van der Waals surface area contributed by atoms with E-state index >= 15 is 0 Å². The van der Waals surface area contributed by atoms with Gasteiger partial charge in [0.05, 0.1) is 24.3 Å². The molecule has 1 saturated heterocycles. The second kappa shape index (κ2) is 8.89. The number of anilines is 1. The fourth-order valence-corrected chi connectivity index (χ4v) is 4.94. The van der Waals surface area contributed by atoms with Gasteiger partial charge in [0.1, 0.15) is 17.3 Å². The second-order valence-electron chi connectivity index (χ2n) is 9.36. The van der Waals surface area contributed by atoms with E-state index in [4.69, 9.17) is 18.9 Å². The van der Waals surface area contributed by atoms with E-state index in [2.05, 4.69) is 0 Å². The number of Topliss-reactive ketones (excluding diaryl/α,β-unsaturated/α-hetero) is 1. The third kappa shape index (κ3) is 3.94. The molecule has 1 fully saturated rings. The molecule has 3 aromatic rings. The smallest absolute Gasteiger partial charge is 0.300 e. The first-order chi connectivity index (χ1) is 17.9. The molecule has 3 heterocycles. The van der Waals surface area contributed by atoms with Crippen LogP contribution in [-0.2, 0) is 16.0 Å². The molecule has 6 rings (SSSR count). The summed E-state index contributed by atoms with van der Waals surface area (Å²) < 4.78 is 22.3. The van der Waals surface area contributed by atoms with E-state index in [1.807, 2.05) is 19.9 Å². The number of rotatable bonds is 5. The average molecular weight is 500 g/mol. The summed E-state index contributed by atoms with van der Waals surface area (Å²) in [7, 11) is 0. The maximum Gasteiger partial charge on any atom is 0.300 e. The van der Waals surface area contributed by atoms with Crippen LogP contribution in [0.15, 0.2) is 66.2 Å². The SMILES string of the molecule is CC(C)Oc1ccc(C2/C(=C(\O)c3ccc4c(c3)CCO4)C(=O)C(=O)N2c2ccc3c(c2)OCO3)cc1. The molecule has 0 spiro atoms. The Balaban J connectivity index is 1.49. The fourth-order valence-electron chi connectivity index (χ4n) is 4.94. The Bertz CT molecular complexity index is 1440. The number of aliphatic hydroxyl groups is 1. The summed E-state index contributed by atoms with van der Waals surface area (Å²) >= 11 is 0. The van der Waals surface area contributed by atoms with Gasteiger partial charge in [0.2, 0.25) is 6.79 Å². The highest BCUT2D eigenvalue weighted by atomic mass is 16.7. The van der Waals surface area contributed by atoms with Crippen LogP contribution in [0, 0.1) is 0 Å². The van der Waals surface area contributed by atoms with Gasteiger partial charge < -0.3 is 24.1 Å². The van der Waals surface area contributed by atoms with E-state index in [1.165, 1.54) is 4.90 Å². The molecule has 3 aromatic carbocycles. The Labute approximate surface area is 213 Å². The van der Waals surface area contributed by atoms with Gasteiger partial charge in [0.15, 0.2) is 11.5 Å². The summed E-state index contributed by atoms with van der Waals surface area (Å²) in [5.41, 5.74) is 2.52. The molecule has 3 aliphatic rings. The Kier molecular flexibility index (Phi) is 5.52. The van der Waals surface area contributed by atoms with Crippen molar-refractivity contribution in [3.05, 3.63) is 82.9 Å². The van der Waals surface area contributed by atoms with Gasteiger partial charge in [-0.15, -0.1) is 0 Å². The molecule has 1 N–H and O–H groups in total. The molecular formula is C29H25NO7. The lowest BCUT2D eigenvalue weighted by atomic mass is 9.94. The molecule has 37 heavy (non-hydrogen) atoms. The highest BCUT2D eigenvalue weighted by molar-refractivity contribution is 6.51. The quantitative estimate of drug-likeness (QED) is 0.307. The lowest BCUT2D eigenvalue weighted by Crippen LogP contribution is -2.29. The van der Waals surface area contributed by atoms with E-state index < -0.39 is 17.7 Å². The first kappa shape index (κ1) is 23.0. The Hall–Kier alpha value is -4.46. The number of ether oxygens (including phenoxy) is 4. The van der Waals surface area contributed by atoms with Gasteiger partial charge >= 0.3 is 0 Å². The summed E-state index contributed by atoms with van der Waals surface area (Å²) in [6.45, 7) is 4.52. The van der Waals surface area contributed by atoms with Crippen LogP contribution in [0.4, 0.5) is 5.69 Å². The van der Waals surface area contributed by atoms with E-state index in [1.54, 1.807) is 54.6 Å². The third-order valence-electron chi connectivity index (χ3n) is 6.61. The molecule has 0 saturated carbocycles. The summed E-state index contributed by atoms with van der Waals surface area (Å²) in [6.07, 6.45) is 0.705. The van der Waals surface area contributed by atoms with Crippen LogP contribution in [0.2, 0.25) is 0 Å². The minimum absolute atomic E-state index is 0.00564. The van der Waals surface area contributed by atoms with Gasteiger partial charge in [-0.05, 0) is 67.4 Å². The van der Waals surface area contributed by atoms with Gasteiger partial charge in [-0.1, -0.05) is 12.1 Å². The van der Waals surface area contributed by atoms with Crippen LogP contribution >= 0.6 is 0 Å². The molecule has 0 aliphatic carbocycles. The molecule has 1 atom stereocenters. The summed E-state index contributed by atoms with van der Waals surface area (Å²) in [5.74, 6) is 0.734. The zero-order valence-corrected chi connectivity index (χ0v) is 20.4. The van der Waals surface area contributed by atoms with Crippen LogP contribution in [-0.4, -0.2) is 36.3 Å². The predicted molar refractivity (Wildman–Crippen MR) is 135 cm³/mol. The van der Waals surface area contributed by atoms with Crippen molar-refractivity contribution >= 4 is 23.1 Å². The molecule has 0 aromatic heterocycles. The highest BCUT2D eigenvalue weighted by Crippen LogP contribution is 2.45. The van der Waals surface area contributed by atoms with Gasteiger partial charge in [0, 0.05) is 23.7 Å². The number of benzene rings is 3. The maximum atomic E-state index is 13.5. The molecule has 188 valence electrons. The third-order valence-corrected chi connectivity index (χ3v) is 6.61. The molecule has 1 amide bonds. The Morgan fingerprint density at radius 1 is 0.946 bits per heavy atom. The topological polar surface area (TPSA) is 94.5 Å². The number of nitrogens with zero attached hydrogens (tertiary/aromatic N) is 1. The number of carbonyl (C=O) groups excluding carboxylic acids is 2. The van der Waals surface area contributed by atoms with Crippen molar-refractivity contribution in [3.63, 3.8) is 0 Å². The lowest BCUT2D eigenvalue weighted by molar-refractivity contribution is -0.132. The minimum atomic E-state index is -0.863. The van der Waals surface area contributed by atoms with Crippen molar-refractivity contribution in [2.24, 2.45) is 0 Å². The molecule has 1 unspecified atom stereocenters. The van der Waals surface area contributed by atoms with E-state index in [0.29, 0.717) is 47.1 Å². The molecule has 3 aliphatic heterocycles. The van der Waals surface area contributed by atoms with E-state index in [0.717, 1.165) is 11.3 Å². The van der Waals surface area contributed by atoms with Crippen LogP contribution in [0.1, 0.15) is 36.6 Å². The van der Waals surface area contributed by atoms with Crippen molar-refractivity contribution in [1.29, 1.82) is 0 Å². The van der Waals surface area contributed by atoms with E-state index in [-0.39, 0.29) is 24.2 Å². The number of fused-ring (bicyclic) bond motifs is 2. The predicted octanol–water partition coefficient (Wildman–Crippen LogP) is 4.76. The van der Waals surface area contributed by atoms with Gasteiger partial charge in [-0.3, -0.25) is 14.5 Å². The molecule has 8 heteroatoms. The number of ketones is 1. The molecule has 0 bridgehead atoms.